The van der Waals surface area contributed by atoms with E-state index in [2.05, 4.69) is 11.6 Å². The minimum atomic E-state index is -1.04. The number of carbonyl (C=O) groups excluding carboxylic acids is 1. The van der Waals surface area contributed by atoms with Gasteiger partial charge in [0.2, 0.25) is 0 Å². The van der Waals surface area contributed by atoms with Crippen LogP contribution in [0.3, 0.4) is 0 Å². The molecule has 3 heterocycles. The summed E-state index contributed by atoms with van der Waals surface area (Å²) in [6, 6.07) is 0. The molecule has 8 heteroatoms. The lowest BCUT2D eigenvalue weighted by Crippen LogP contribution is -2.42. The van der Waals surface area contributed by atoms with Gasteiger partial charge in [0.05, 0.1) is 6.61 Å². The fraction of sp³-hybridized carbons (Fsp3) is 0.500. The van der Waals surface area contributed by atoms with E-state index in [9.17, 15) is 9.90 Å². The Labute approximate surface area is 115 Å². The molecular weight excluding hydrogens is 266 g/mol. The zero-order valence-electron chi connectivity index (χ0n) is 10.9. The molecule has 3 aliphatic heterocycles. The molecule has 108 valence electrons. The lowest BCUT2D eigenvalue weighted by Gasteiger charge is -2.31. The van der Waals surface area contributed by atoms with Crippen molar-refractivity contribution >= 4 is 12.0 Å². The minimum absolute atomic E-state index is 0.309. The van der Waals surface area contributed by atoms with E-state index in [1.165, 1.54) is 0 Å². The van der Waals surface area contributed by atoms with E-state index in [4.69, 9.17) is 19.9 Å². The molecule has 8 nitrogen and oxygen atoms in total. The molecule has 0 saturated carbocycles. The number of amidine groups is 1. The molecule has 0 aromatic carbocycles. The van der Waals surface area contributed by atoms with E-state index in [0.717, 1.165) is 0 Å². The van der Waals surface area contributed by atoms with Crippen molar-refractivity contribution in [2.24, 2.45) is 10.7 Å². The van der Waals surface area contributed by atoms with E-state index in [-0.39, 0.29) is 6.61 Å². The molecule has 3 N–H and O–H groups in total. The summed E-state index contributed by atoms with van der Waals surface area (Å²) >= 11 is 0. The minimum Gasteiger partial charge on any atom is -0.424 e. The summed E-state index contributed by atoms with van der Waals surface area (Å²) in [7, 11) is 0. The lowest BCUT2D eigenvalue weighted by molar-refractivity contribution is -0.136. The summed E-state index contributed by atoms with van der Waals surface area (Å²) in [5.74, 6) is 0.685. The van der Waals surface area contributed by atoms with Gasteiger partial charge in [-0.15, -0.1) is 0 Å². The molecule has 0 aromatic heterocycles. The first-order valence-corrected chi connectivity index (χ1v) is 6.10. The number of nitrogens with zero attached hydrogens (tertiary/aromatic N) is 2. The number of hydrogen-bond acceptors (Lipinski definition) is 8. The predicted octanol–water partition coefficient (Wildman–Crippen LogP) is -0.345. The van der Waals surface area contributed by atoms with Gasteiger partial charge in [0.1, 0.15) is 17.3 Å². The molecule has 0 aliphatic carbocycles. The van der Waals surface area contributed by atoms with Crippen LogP contribution < -0.4 is 5.73 Å². The summed E-state index contributed by atoms with van der Waals surface area (Å²) in [4.78, 5) is 17.0. The maximum absolute atomic E-state index is 11.3. The van der Waals surface area contributed by atoms with Crippen LogP contribution in [0.25, 0.3) is 0 Å². The van der Waals surface area contributed by atoms with Crippen molar-refractivity contribution in [1.82, 2.24) is 4.90 Å². The molecule has 0 spiro atoms. The Bertz CT molecular complexity index is 531. The fourth-order valence-electron chi connectivity index (χ4n) is 2.52. The van der Waals surface area contributed by atoms with Crippen LogP contribution in [0.4, 0.5) is 4.79 Å². The van der Waals surface area contributed by atoms with Crippen LogP contribution in [0.15, 0.2) is 29.7 Å². The first-order chi connectivity index (χ1) is 9.44. The molecular formula is C12H15N3O5. The van der Waals surface area contributed by atoms with Gasteiger partial charge in [-0.05, 0) is 13.0 Å². The molecule has 0 amide bonds. The maximum Gasteiger partial charge on any atom is 0.509 e. The van der Waals surface area contributed by atoms with Gasteiger partial charge in [-0.3, -0.25) is 0 Å². The third kappa shape index (κ3) is 1.76. The largest absolute Gasteiger partial charge is 0.509 e. The number of aliphatic hydroxyl groups excluding tert-OH is 1. The maximum atomic E-state index is 11.3. The van der Waals surface area contributed by atoms with Gasteiger partial charge in [0, 0.05) is 6.20 Å². The van der Waals surface area contributed by atoms with Gasteiger partial charge in [0.25, 0.3) is 0 Å². The summed E-state index contributed by atoms with van der Waals surface area (Å²) in [6.07, 6.45) is 0.415. The molecule has 0 aromatic rings. The smallest absolute Gasteiger partial charge is 0.424 e. The highest BCUT2D eigenvalue weighted by Crippen LogP contribution is 2.41. The molecule has 2 saturated heterocycles. The first-order valence-electron chi connectivity index (χ1n) is 6.10. The van der Waals surface area contributed by atoms with Gasteiger partial charge >= 0.3 is 6.16 Å². The van der Waals surface area contributed by atoms with Crippen LogP contribution in [0, 0.1) is 0 Å². The number of carbonyl (C=O) groups is 1. The Kier molecular flexibility index (Phi) is 2.73. The number of hydrogen-bond donors (Lipinski definition) is 2. The van der Waals surface area contributed by atoms with Crippen molar-refractivity contribution in [2.45, 2.75) is 31.0 Å². The molecule has 20 heavy (non-hydrogen) atoms. The average molecular weight is 281 g/mol. The van der Waals surface area contributed by atoms with Gasteiger partial charge in [-0.2, -0.15) is 0 Å². The monoisotopic (exact) mass is 281 g/mol. The second-order valence-electron chi connectivity index (χ2n) is 5.03. The van der Waals surface area contributed by atoms with E-state index in [0.29, 0.717) is 11.7 Å². The number of rotatable bonds is 2. The molecule has 2 fully saturated rings. The van der Waals surface area contributed by atoms with Crippen molar-refractivity contribution in [2.75, 3.05) is 6.61 Å². The molecule has 3 aliphatic rings. The highest BCUT2D eigenvalue weighted by molar-refractivity contribution is 5.92. The molecule has 0 radical (unpaired) electrons. The Morgan fingerprint density at radius 3 is 3.00 bits per heavy atom. The fourth-order valence-corrected chi connectivity index (χ4v) is 2.52. The highest BCUT2D eigenvalue weighted by Gasteiger charge is 2.62. The van der Waals surface area contributed by atoms with Crippen molar-refractivity contribution in [1.29, 1.82) is 0 Å². The molecule has 0 bridgehead atoms. The SMILES string of the molecule is C=C1N=C(N)C=CN1[C@@H]1O[C@](C)(CO)[C@H]2OC(=O)O[C@@H]12. The Balaban J connectivity index is 1.90. The van der Waals surface area contributed by atoms with Crippen LogP contribution in [0.2, 0.25) is 0 Å². The van der Waals surface area contributed by atoms with E-state index >= 15 is 0 Å². The molecule has 4 atom stereocenters. The van der Waals surface area contributed by atoms with Crippen molar-refractivity contribution < 1.29 is 24.1 Å². The Hall–Kier alpha value is -2.06. The van der Waals surface area contributed by atoms with Crippen LogP contribution in [-0.2, 0) is 14.2 Å². The van der Waals surface area contributed by atoms with E-state index in [1.807, 2.05) is 0 Å². The van der Waals surface area contributed by atoms with Crippen molar-refractivity contribution in [3.05, 3.63) is 24.7 Å². The van der Waals surface area contributed by atoms with Crippen molar-refractivity contribution in [3.63, 3.8) is 0 Å². The van der Waals surface area contributed by atoms with Gasteiger partial charge in [-0.25, -0.2) is 9.79 Å². The Morgan fingerprint density at radius 1 is 1.60 bits per heavy atom. The van der Waals surface area contributed by atoms with Crippen LogP contribution in [0.5, 0.6) is 0 Å². The normalized spacial score (nSPS) is 39.4. The number of ether oxygens (including phenoxy) is 3. The molecule has 3 rings (SSSR count). The van der Waals surface area contributed by atoms with E-state index in [1.54, 1.807) is 24.1 Å². The number of nitrogens with two attached hydrogens (primary N) is 1. The zero-order chi connectivity index (χ0) is 14.5. The summed E-state index contributed by atoms with van der Waals surface area (Å²) < 4.78 is 16.0. The quantitative estimate of drug-likeness (QED) is 0.666. The number of fused-ring (bicyclic) bond motifs is 1. The zero-order valence-corrected chi connectivity index (χ0v) is 10.9. The number of aliphatic hydroxyl groups is 1. The van der Waals surface area contributed by atoms with Crippen LogP contribution in [-0.4, -0.2) is 52.6 Å². The predicted molar refractivity (Wildman–Crippen MR) is 67.2 cm³/mol. The third-order valence-corrected chi connectivity index (χ3v) is 3.58. The van der Waals surface area contributed by atoms with Gasteiger partial charge in [-0.1, -0.05) is 6.58 Å². The Morgan fingerprint density at radius 2 is 2.35 bits per heavy atom. The van der Waals surface area contributed by atoms with Gasteiger partial charge < -0.3 is 30.0 Å². The summed E-state index contributed by atoms with van der Waals surface area (Å²) in [5.41, 5.74) is 4.54. The molecule has 0 unspecified atom stereocenters. The second kappa shape index (κ2) is 4.22. The topological polar surface area (TPSA) is 107 Å². The van der Waals surface area contributed by atoms with E-state index < -0.39 is 30.2 Å². The lowest BCUT2D eigenvalue weighted by atomic mass is 9.98. The highest BCUT2D eigenvalue weighted by atomic mass is 16.8. The van der Waals surface area contributed by atoms with Crippen LogP contribution in [0.1, 0.15) is 6.92 Å². The van der Waals surface area contributed by atoms with Crippen LogP contribution >= 0.6 is 0 Å². The van der Waals surface area contributed by atoms with Gasteiger partial charge in [0.15, 0.2) is 18.4 Å². The number of aliphatic imine (C=N–C) groups is 1. The first kappa shape index (κ1) is 12.9. The standard InChI is InChI=1S/C12H15N3O5/c1-6-14-7(13)3-4-15(6)10-8-9(19-11(17)18-8)12(2,5-16)20-10/h3-4,8-10,16H,1,5H2,2H3,(H2,13,14)/t8-,9+,10-,12-/m1/s1. The summed E-state index contributed by atoms with van der Waals surface area (Å²) in [5, 5.41) is 9.50. The summed E-state index contributed by atoms with van der Waals surface area (Å²) in [6.45, 7) is 5.13. The second-order valence-corrected chi connectivity index (χ2v) is 5.03. The average Bonchev–Trinajstić information content (AvgIpc) is 2.89. The third-order valence-electron chi connectivity index (χ3n) is 3.58. The van der Waals surface area contributed by atoms with Crippen molar-refractivity contribution in [3.8, 4) is 0 Å².